The topological polar surface area (TPSA) is 40.6 Å². The highest BCUT2D eigenvalue weighted by Crippen LogP contribution is 2.22. The number of para-hydroxylation sites is 1. The molecule has 0 aliphatic heterocycles. The van der Waals surface area contributed by atoms with E-state index in [0.29, 0.717) is 12.5 Å². The molecule has 1 atom stereocenters. The van der Waals surface area contributed by atoms with Gasteiger partial charge in [-0.25, -0.2) is 4.98 Å². The maximum Gasteiger partial charge on any atom is 0.269 e. The molecule has 0 bridgehead atoms. The van der Waals surface area contributed by atoms with Gasteiger partial charge < -0.3 is 13.9 Å². The lowest BCUT2D eigenvalue weighted by Gasteiger charge is -2.13. The van der Waals surface area contributed by atoms with Crippen molar-refractivity contribution in [3.05, 3.63) is 78.5 Å². The van der Waals surface area contributed by atoms with Crippen molar-refractivity contribution in [2.75, 3.05) is 6.61 Å². The number of benzene rings is 2. The summed E-state index contributed by atoms with van der Waals surface area (Å²) < 4.78 is 17.2. The minimum Gasteiger partial charge on any atom is -0.494 e. The molecule has 0 fully saturated rings. The van der Waals surface area contributed by atoms with Crippen molar-refractivity contribution in [1.82, 2.24) is 4.98 Å². The monoisotopic (exact) mass is 363 g/mol. The molecule has 0 N–H and O–H groups in total. The summed E-state index contributed by atoms with van der Waals surface area (Å²) in [5, 5.41) is 1.12. The second-order valence-electron chi connectivity index (χ2n) is 5.64. The molecule has 3 aromatic rings. The first-order valence-electron chi connectivity index (χ1n) is 8.59. The quantitative estimate of drug-likeness (QED) is 0.560. The molecule has 5 heteroatoms. The van der Waals surface area contributed by atoms with Gasteiger partial charge in [0.15, 0.2) is 0 Å². The predicted molar refractivity (Wildman–Crippen MR) is 103 cm³/mol. The lowest BCUT2D eigenvalue weighted by atomic mass is 10.2. The Morgan fingerprint density at radius 3 is 2.38 bits per heavy atom. The molecule has 26 heavy (non-hydrogen) atoms. The van der Waals surface area contributed by atoms with Gasteiger partial charge >= 0.3 is 0 Å². The second-order valence-corrected chi connectivity index (χ2v) is 6.65. The predicted octanol–water partition coefficient (Wildman–Crippen LogP) is 4.29. The van der Waals surface area contributed by atoms with Crippen LogP contribution < -0.4 is 14.7 Å². The van der Waals surface area contributed by atoms with E-state index < -0.39 is 0 Å². The Bertz CT molecular complexity index is 809. The van der Waals surface area contributed by atoms with Crippen LogP contribution in [0.15, 0.2) is 72.8 Å². The van der Waals surface area contributed by atoms with Crippen LogP contribution in [-0.4, -0.2) is 21.4 Å². The van der Waals surface area contributed by atoms with Crippen LogP contribution in [-0.2, 0) is 4.43 Å². The lowest BCUT2D eigenvalue weighted by molar-refractivity contribution is 0.237. The number of rotatable bonds is 8. The van der Waals surface area contributed by atoms with Gasteiger partial charge in [0, 0.05) is 6.07 Å². The van der Waals surface area contributed by atoms with Gasteiger partial charge in [-0.2, -0.15) is 0 Å². The molecule has 3 rings (SSSR count). The van der Waals surface area contributed by atoms with Crippen LogP contribution in [0.25, 0.3) is 0 Å². The molecule has 4 nitrogen and oxygen atoms in total. The first kappa shape index (κ1) is 18.2. The van der Waals surface area contributed by atoms with E-state index in [1.54, 1.807) is 0 Å². The first-order chi connectivity index (χ1) is 12.7. The molecular weight excluding hydrogens is 342 g/mol. The summed E-state index contributed by atoms with van der Waals surface area (Å²) in [6.07, 6.45) is -0.126. The molecule has 0 aliphatic carbocycles. The molecular formula is C21H21NO3Si. The molecule has 0 aliphatic rings. The zero-order valence-electron chi connectivity index (χ0n) is 14.9. The third-order valence-corrected chi connectivity index (χ3v) is 4.69. The standard InChI is InChI=1S/C21H21NO3Si/c1-3-23-17-12-14-19(15-13-17)26-25-16(2)20-10-7-11-21(22-20)24-18-8-5-4-6-9-18/h4-16H,3H2,1-2H3. The average molecular weight is 363 g/mol. The van der Waals surface area contributed by atoms with Gasteiger partial charge in [-0.3, -0.25) is 0 Å². The summed E-state index contributed by atoms with van der Waals surface area (Å²) in [7, 11) is 0.243. The van der Waals surface area contributed by atoms with E-state index in [0.717, 1.165) is 22.4 Å². The van der Waals surface area contributed by atoms with E-state index in [-0.39, 0.29) is 15.9 Å². The molecule has 2 aromatic carbocycles. The van der Waals surface area contributed by atoms with Crippen molar-refractivity contribution in [2.45, 2.75) is 20.0 Å². The van der Waals surface area contributed by atoms with Crippen molar-refractivity contribution in [1.29, 1.82) is 0 Å². The van der Waals surface area contributed by atoms with Crippen molar-refractivity contribution >= 4 is 14.9 Å². The fourth-order valence-electron chi connectivity index (χ4n) is 2.33. The van der Waals surface area contributed by atoms with E-state index in [1.807, 2.05) is 86.6 Å². The Hall–Kier alpha value is -2.63. The highest BCUT2D eigenvalue weighted by atomic mass is 28.2. The Morgan fingerprint density at radius 2 is 1.65 bits per heavy atom. The van der Waals surface area contributed by atoms with Crippen molar-refractivity contribution < 1.29 is 13.9 Å². The summed E-state index contributed by atoms with van der Waals surface area (Å²) in [5.41, 5.74) is 0.844. The van der Waals surface area contributed by atoms with E-state index in [4.69, 9.17) is 13.9 Å². The molecule has 1 aromatic heterocycles. The fraction of sp³-hybridized carbons (Fsp3) is 0.190. The van der Waals surface area contributed by atoms with Gasteiger partial charge in [0.05, 0.1) is 18.4 Å². The molecule has 0 spiro atoms. The molecule has 132 valence electrons. The minimum absolute atomic E-state index is 0.126. The zero-order valence-corrected chi connectivity index (χ0v) is 15.9. The third-order valence-electron chi connectivity index (χ3n) is 3.65. The van der Waals surface area contributed by atoms with Gasteiger partial charge in [-0.1, -0.05) is 36.4 Å². The van der Waals surface area contributed by atoms with Gasteiger partial charge in [0.1, 0.15) is 11.5 Å². The van der Waals surface area contributed by atoms with Gasteiger partial charge in [-0.05, 0) is 49.4 Å². The Labute approximate surface area is 156 Å². The van der Waals surface area contributed by atoms with Crippen LogP contribution in [0.3, 0.4) is 0 Å². The van der Waals surface area contributed by atoms with E-state index in [9.17, 15) is 0 Å². The minimum atomic E-state index is -0.126. The molecule has 0 saturated heterocycles. The summed E-state index contributed by atoms with van der Waals surface area (Å²) in [4.78, 5) is 4.56. The number of ether oxygens (including phenoxy) is 2. The Morgan fingerprint density at radius 1 is 0.885 bits per heavy atom. The Kier molecular flexibility index (Phi) is 6.41. The van der Waals surface area contributed by atoms with Crippen LogP contribution >= 0.6 is 0 Å². The number of nitrogens with zero attached hydrogens (tertiary/aromatic N) is 1. The highest BCUT2D eigenvalue weighted by molar-refractivity contribution is 6.46. The van der Waals surface area contributed by atoms with Gasteiger partial charge in [0.25, 0.3) is 9.76 Å². The molecule has 0 amide bonds. The normalized spacial score (nSPS) is 11.8. The van der Waals surface area contributed by atoms with Crippen LogP contribution in [0, 0.1) is 0 Å². The van der Waals surface area contributed by atoms with Gasteiger partial charge in [-0.15, -0.1) is 0 Å². The molecule has 1 unspecified atom stereocenters. The summed E-state index contributed by atoms with van der Waals surface area (Å²) in [5.74, 6) is 2.21. The maximum absolute atomic E-state index is 5.99. The Balaban J connectivity index is 1.59. The van der Waals surface area contributed by atoms with Crippen LogP contribution in [0.1, 0.15) is 25.6 Å². The van der Waals surface area contributed by atoms with Crippen molar-refractivity contribution in [2.24, 2.45) is 0 Å². The van der Waals surface area contributed by atoms with Gasteiger partial charge in [0.2, 0.25) is 5.88 Å². The lowest BCUT2D eigenvalue weighted by Crippen LogP contribution is -2.19. The number of aromatic nitrogens is 1. The molecule has 1 heterocycles. The van der Waals surface area contributed by atoms with E-state index >= 15 is 0 Å². The highest BCUT2D eigenvalue weighted by Gasteiger charge is 2.10. The average Bonchev–Trinajstić information content (AvgIpc) is 2.68. The SMILES string of the molecule is CCOc1ccc([Si]OC(C)c2cccc(Oc3ccccc3)n2)cc1. The van der Waals surface area contributed by atoms with Crippen LogP contribution in [0.5, 0.6) is 17.4 Å². The van der Waals surface area contributed by atoms with Crippen molar-refractivity contribution in [3.8, 4) is 17.4 Å². The van der Waals surface area contributed by atoms with E-state index in [2.05, 4.69) is 4.98 Å². The summed E-state index contributed by atoms with van der Waals surface area (Å²) in [6, 6.07) is 23.3. The molecule has 0 saturated carbocycles. The summed E-state index contributed by atoms with van der Waals surface area (Å²) in [6.45, 7) is 4.64. The zero-order chi connectivity index (χ0) is 18.2. The number of hydrogen-bond donors (Lipinski definition) is 0. The van der Waals surface area contributed by atoms with Crippen LogP contribution in [0.2, 0.25) is 0 Å². The molecule has 2 radical (unpaired) electrons. The third kappa shape index (κ3) is 5.18. The largest absolute Gasteiger partial charge is 0.494 e. The smallest absolute Gasteiger partial charge is 0.269 e. The van der Waals surface area contributed by atoms with Crippen LogP contribution in [0.4, 0.5) is 0 Å². The number of pyridine rings is 1. The number of hydrogen-bond acceptors (Lipinski definition) is 4. The fourth-order valence-corrected chi connectivity index (χ4v) is 3.06. The first-order valence-corrected chi connectivity index (χ1v) is 9.50. The summed E-state index contributed by atoms with van der Waals surface area (Å²) >= 11 is 0. The van der Waals surface area contributed by atoms with E-state index in [1.165, 1.54) is 0 Å². The van der Waals surface area contributed by atoms with Crippen molar-refractivity contribution in [3.63, 3.8) is 0 Å². The second kappa shape index (κ2) is 9.17. The maximum atomic E-state index is 5.99.